The lowest BCUT2D eigenvalue weighted by Crippen LogP contribution is -2.39. The zero-order chi connectivity index (χ0) is 21.1. The topological polar surface area (TPSA) is 105 Å². The minimum atomic E-state index is -3.83. The van der Waals surface area contributed by atoms with Gasteiger partial charge in [-0.3, -0.25) is 14.5 Å². The monoisotopic (exact) mass is 424 g/mol. The zero-order valence-electron chi connectivity index (χ0n) is 16.5. The number of carbonyl (C=O) groups is 1. The molecule has 2 heterocycles. The van der Waals surface area contributed by atoms with E-state index in [2.05, 4.69) is 9.71 Å². The van der Waals surface area contributed by atoms with Crippen LogP contribution in [0.25, 0.3) is 10.9 Å². The van der Waals surface area contributed by atoms with Crippen LogP contribution < -0.4 is 10.5 Å². The number of amides is 1. The van der Waals surface area contributed by atoms with E-state index in [1.165, 1.54) is 6.07 Å². The molecule has 0 saturated carbocycles. The average molecular weight is 425 g/mol. The molecule has 30 heavy (non-hydrogen) atoms. The molecule has 156 valence electrons. The summed E-state index contributed by atoms with van der Waals surface area (Å²) >= 11 is 0. The molecule has 1 atom stereocenters. The Morgan fingerprint density at radius 3 is 2.63 bits per heavy atom. The molecule has 1 unspecified atom stereocenters. The highest BCUT2D eigenvalue weighted by molar-refractivity contribution is 7.93. The molecular weight excluding hydrogens is 400 g/mol. The summed E-state index contributed by atoms with van der Waals surface area (Å²) in [6, 6.07) is 15.1. The first-order chi connectivity index (χ1) is 14.4. The second-order valence-electron chi connectivity index (χ2n) is 7.52. The standard InChI is InChI=1S/C22H24N4O3S/c23-18-7-1-2-14-26(15-18)22(27)17-9-11-19(12-10-17)25-30(28,29)20-8-3-5-16-6-4-13-24-21(16)20/h3-6,8-13,18,25H,1-2,7,14-15,23H2. The van der Waals surface area contributed by atoms with Crippen LogP contribution in [0.15, 0.2) is 65.7 Å². The first-order valence-corrected chi connectivity index (χ1v) is 11.4. The lowest BCUT2D eigenvalue weighted by Gasteiger charge is -2.22. The lowest BCUT2D eigenvalue weighted by molar-refractivity contribution is 0.0755. The predicted octanol–water partition coefficient (Wildman–Crippen LogP) is 2.99. The Morgan fingerprint density at radius 1 is 1.07 bits per heavy atom. The van der Waals surface area contributed by atoms with Crippen LogP contribution in [0, 0.1) is 0 Å². The molecule has 4 rings (SSSR count). The molecule has 0 bridgehead atoms. The second-order valence-corrected chi connectivity index (χ2v) is 9.17. The third-order valence-corrected chi connectivity index (χ3v) is 6.68. The van der Waals surface area contributed by atoms with Crippen LogP contribution in [0.2, 0.25) is 0 Å². The Bertz CT molecular complexity index is 1160. The fourth-order valence-corrected chi connectivity index (χ4v) is 4.97. The lowest BCUT2D eigenvalue weighted by atomic mass is 10.1. The summed E-state index contributed by atoms with van der Waals surface area (Å²) in [4.78, 5) is 18.9. The molecule has 1 aliphatic heterocycles. The van der Waals surface area contributed by atoms with Crippen LogP contribution >= 0.6 is 0 Å². The van der Waals surface area contributed by atoms with Crippen molar-refractivity contribution in [3.8, 4) is 0 Å². The Morgan fingerprint density at radius 2 is 1.83 bits per heavy atom. The maximum Gasteiger partial charge on any atom is 0.264 e. The van der Waals surface area contributed by atoms with Gasteiger partial charge in [0.05, 0.1) is 5.52 Å². The fourth-order valence-electron chi connectivity index (χ4n) is 3.73. The number of rotatable bonds is 4. The maximum atomic E-state index is 12.9. The van der Waals surface area contributed by atoms with Gasteiger partial charge in [0, 0.05) is 42.0 Å². The molecule has 1 aromatic heterocycles. The minimum Gasteiger partial charge on any atom is -0.337 e. The maximum absolute atomic E-state index is 12.9. The SMILES string of the molecule is NC1CCCCN(C(=O)c2ccc(NS(=O)(=O)c3cccc4cccnc34)cc2)C1. The smallest absolute Gasteiger partial charge is 0.264 e. The largest absolute Gasteiger partial charge is 0.337 e. The number of nitrogens with two attached hydrogens (primary N) is 1. The molecular formula is C22H24N4O3S. The molecule has 1 aliphatic rings. The zero-order valence-corrected chi connectivity index (χ0v) is 17.3. The van der Waals surface area contributed by atoms with Gasteiger partial charge in [-0.1, -0.05) is 24.6 Å². The van der Waals surface area contributed by atoms with Gasteiger partial charge >= 0.3 is 0 Å². The van der Waals surface area contributed by atoms with E-state index in [1.54, 1.807) is 47.5 Å². The fraction of sp³-hybridized carbons (Fsp3) is 0.273. The molecule has 7 nitrogen and oxygen atoms in total. The van der Waals surface area contributed by atoms with E-state index in [1.807, 2.05) is 12.1 Å². The van der Waals surface area contributed by atoms with Crippen molar-refractivity contribution < 1.29 is 13.2 Å². The number of benzene rings is 2. The Hall–Kier alpha value is -2.97. The van der Waals surface area contributed by atoms with Gasteiger partial charge in [0.2, 0.25) is 0 Å². The van der Waals surface area contributed by atoms with Gasteiger partial charge in [-0.05, 0) is 49.2 Å². The molecule has 1 amide bonds. The number of pyridine rings is 1. The summed E-state index contributed by atoms with van der Waals surface area (Å²) in [5.41, 5.74) is 7.36. The molecule has 8 heteroatoms. The Kier molecular flexibility index (Phi) is 5.69. The molecule has 3 N–H and O–H groups in total. The molecule has 2 aromatic carbocycles. The van der Waals surface area contributed by atoms with Crippen molar-refractivity contribution in [3.63, 3.8) is 0 Å². The van der Waals surface area contributed by atoms with Crippen molar-refractivity contribution in [3.05, 3.63) is 66.4 Å². The summed E-state index contributed by atoms with van der Waals surface area (Å²) in [5, 5.41) is 0.747. The number of anilines is 1. The van der Waals surface area contributed by atoms with Crippen molar-refractivity contribution >= 4 is 32.5 Å². The number of fused-ring (bicyclic) bond motifs is 1. The van der Waals surface area contributed by atoms with Crippen LogP contribution in [0.5, 0.6) is 0 Å². The third-order valence-electron chi connectivity index (χ3n) is 5.26. The number of carbonyl (C=O) groups excluding carboxylic acids is 1. The number of nitrogens with zero attached hydrogens (tertiary/aromatic N) is 2. The normalized spacial score (nSPS) is 17.5. The van der Waals surface area contributed by atoms with Gasteiger partial charge in [0.15, 0.2) is 0 Å². The third kappa shape index (κ3) is 4.29. The van der Waals surface area contributed by atoms with Crippen LogP contribution in [0.3, 0.4) is 0 Å². The van der Waals surface area contributed by atoms with Crippen LogP contribution in [0.1, 0.15) is 29.6 Å². The number of sulfonamides is 1. The van der Waals surface area contributed by atoms with E-state index in [4.69, 9.17) is 5.73 Å². The van der Waals surface area contributed by atoms with Gasteiger partial charge in [-0.2, -0.15) is 0 Å². The number of hydrogen-bond acceptors (Lipinski definition) is 5. The number of nitrogens with one attached hydrogen (secondary N) is 1. The van der Waals surface area contributed by atoms with Crippen molar-refractivity contribution in [1.82, 2.24) is 9.88 Å². The number of hydrogen-bond donors (Lipinski definition) is 2. The first kappa shape index (κ1) is 20.3. The Labute approximate surface area is 176 Å². The van der Waals surface area contributed by atoms with Gasteiger partial charge in [0.1, 0.15) is 4.90 Å². The Balaban J connectivity index is 1.53. The van der Waals surface area contributed by atoms with E-state index < -0.39 is 10.0 Å². The quantitative estimate of drug-likeness (QED) is 0.670. The summed E-state index contributed by atoms with van der Waals surface area (Å²) < 4.78 is 28.4. The van der Waals surface area contributed by atoms with Crippen LogP contribution in [0.4, 0.5) is 5.69 Å². The van der Waals surface area contributed by atoms with Crippen molar-refractivity contribution in [2.24, 2.45) is 5.73 Å². The number of para-hydroxylation sites is 1. The molecule has 0 spiro atoms. The van der Waals surface area contributed by atoms with Gasteiger partial charge in [0.25, 0.3) is 15.9 Å². The highest BCUT2D eigenvalue weighted by atomic mass is 32.2. The first-order valence-electron chi connectivity index (χ1n) is 9.95. The summed E-state index contributed by atoms with van der Waals surface area (Å²) in [5.74, 6) is -0.0833. The summed E-state index contributed by atoms with van der Waals surface area (Å²) in [6.45, 7) is 1.23. The van der Waals surface area contributed by atoms with Gasteiger partial charge in [-0.15, -0.1) is 0 Å². The molecule has 3 aromatic rings. The number of aromatic nitrogens is 1. The number of likely N-dealkylation sites (tertiary alicyclic amines) is 1. The van der Waals surface area contributed by atoms with Gasteiger partial charge < -0.3 is 10.6 Å². The van der Waals surface area contributed by atoms with Crippen molar-refractivity contribution in [2.75, 3.05) is 17.8 Å². The molecule has 0 radical (unpaired) electrons. The molecule has 1 saturated heterocycles. The van der Waals surface area contributed by atoms with Crippen LogP contribution in [-0.4, -0.2) is 43.3 Å². The molecule has 0 aliphatic carbocycles. The molecule has 1 fully saturated rings. The van der Waals surface area contributed by atoms with E-state index >= 15 is 0 Å². The van der Waals surface area contributed by atoms with Gasteiger partial charge in [-0.25, -0.2) is 8.42 Å². The highest BCUT2D eigenvalue weighted by Gasteiger charge is 2.22. The predicted molar refractivity (Wildman–Crippen MR) is 117 cm³/mol. The average Bonchev–Trinajstić information content (AvgIpc) is 2.97. The summed E-state index contributed by atoms with van der Waals surface area (Å²) in [7, 11) is -3.83. The minimum absolute atomic E-state index is 0.00293. The highest BCUT2D eigenvalue weighted by Crippen LogP contribution is 2.23. The second kappa shape index (κ2) is 8.41. The van der Waals surface area contributed by atoms with E-state index in [9.17, 15) is 13.2 Å². The van der Waals surface area contributed by atoms with Crippen LogP contribution in [-0.2, 0) is 10.0 Å². The van der Waals surface area contributed by atoms with E-state index in [-0.39, 0.29) is 16.8 Å². The van der Waals surface area contributed by atoms with Crippen molar-refractivity contribution in [2.45, 2.75) is 30.2 Å². The van der Waals surface area contributed by atoms with Crippen molar-refractivity contribution in [1.29, 1.82) is 0 Å². The van der Waals surface area contributed by atoms with E-state index in [0.29, 0.717) is 29.9 Å². The summed E-state index contributed by atoms with van der Waals surface area (Å²) in [6.07, 6.45) is 4.45. The van der Waals surface area contributed by atoms with E-state index in [0.717, 1.165) is 24.6 Å².